The van der Waals surface area contributed by atoms with Crippen molar-refractivity contribution in [3.8, 4) is 12.1 Å². The number of aromatic nitrogens is 1. The number of nitrogens with one attached hydrogen (secondary N) is 2. The van der Waals surface area contributed by atoms with E-state index in [4.69, 9.17) is 10.5 Å². The molecule has 106 valence electrons. The van der Waals surface area contributed by atoms with Gasteiger partial charge in [-0.1, -0.05) is 18.2 Å². The molecule has 0 aliphatic carbocycles. The Kier molecular flexibility index (Phi) is 4.85. The van der Waals surface area contributed by atoms with Gasteiger partial charge < -0.3 is 10.6 Å². The molecule has 0 saturated heterocycles. The van der Waals surface area contributed by atoms with Crippen LogP contribution in [0.5, 0.6) is 0 Å². The maximum atomic E-state index is 12.3. The Morgan fingerprint density at radius 3 is 2.50 bits per heavy atom. The van der Waals surface area contributed by atoms with Crippen molar-refractivity contribution < 1.29 is 4.79 Å². The lowest BCUT2D eigenvalue weighted by Crippen LogP contribution is -2.14. The van der Waals surface area contributed by atoms with Gasteiger partial charge in [0.2, 0.25) is 0 Å². The van der Waals surface area contributed by atoms with Gasteiger partial charge in [-0.15, -0.1) is 0 Å². The van der Waals surface area contributed by atoms with E-state index in [1.807, 2.05) is 0 Å². The standard InChI is InChI=1S/C16H11N5O/c17-9-12(10-18)11-20-14-6-2-1-5-13(14)16(22)21-15-7-3-4-8-19-15/h1-8,11,20H,(H,19,21,22). The molecule has 0 radical (unpaired) electrons. The zero-order chi connectivity index (χ0) is 15.8. The fourth-order valence-electron chi connectivity index (χ4n) is 1.67. The van der Waals surface area contributed by atoms with E-state index >= 15 is 0 Å². The molecule has 1 aromatic carbocycles. The highest BCUT2D eigenvalue weighted by Crippen LogP contribution is 2.17. The number of hydrogen-bond acceptors (Lipinski definition) is 5. The number of nitrogens with zero attached hydrogens (tertiary/aromatic N) is 3. The molecule has 1 aromatic heterocycles. The van der Waals surface area contributed by atoms with Gasteiger partial charge in [-0.3, -0.25) is 4.79 Å². The lowest BCUT2D eigenvalue weighted by Gasteiger charge is -2.09. The zero-order valence-corrected chi connectivity index (χ0v) is 11.4. The summed E-state index contributed by atoms with van der Waals surface area (Å²) in [5.74, 6) is 0.0956. The van der Waals surface area contributed by atoms with E-state index in [2.05, 4.69) is 15.6 Å². The van der Waals surface area contributed by atoms with Crippen molar-refractivity contribution in [3.05, 3.63) is 66.0 Å². The van der Waals surface area contributed by atoms with Gasteiger partial charge in [0, 0.05) is 12.4 Å². The smallest absolute Gasteiger partial charge is 0.258 e. The number of carbonyl (C=O) groups excluding carboxylic acids is 1. The maximum absolute atomic E-state index is 12.3. The van der Waals surface area contributed by atoms with Crippen molar-refractivity contribution in [2.24, 2.45) is 0 Å². The molecular weight excluding hydrogens is 278 g/mol. The molecule has 0 unspecified atom stereocenters. The van der Waals surface area contributed by atoms with E-state index in [0.717, 1.165) is 0 Å². The molecule has 6 nitrogen and oxygen atoms in total. The number of hydrogen-bond donors (Lipinski definition) is 2. The van der Waals surface area contributed by atoms with Crippen LogP contribution in [0.1, 0.15) is 10.4 Å². The second-order valence-corrected chi connectivity index (χ2v) is 4.14. The van der Waals surface area contributed by atoms with E-state index in [9.17, 15) is 4.79 Å². The lowest BCUT2D eigenvalue weighted by molar-refractivity contribution is 0.102. The third kappa shape index (κ3) is 3.69. The van der Waals surface area contributed by atoms with Crippen molar-refractivity contribution in [1.82, 2.24) is 4.98 Å². The molecule has 2 aromatic rings. The molecule has 0 aliphatic rings. The van der Waals surface area contributed by atoms with Gasteiger partial charge in [0.25, 0.3) is 5.91 Å². The Morgan fingerprint density at radius 1 is 1.09 bits per heavy atom. The molecule has 6 heteroatoms. The van der Waals surface area contributed by atoms with Crippen LogP contribution in [0.25, 0.3) is 0 Å². The van der Waals surface area contributed by atoms with Crippen LogP contribution in [-0.2, 0) is 0 Å². The summed E-state index contributed by atoms with van der Waals surface area (Å²) in [5.41, 5.74) is 0.776. The SMILES string of the molecule is N#CC(C#N)=CNc1ccccc1C(=O)Nc1ccccn1. The second kappa shape index (κ2) is 7.22. The predicted octanol–water partition coefficient (Wildman–Crippen LogP) is 2.68. The Balaban J connectivity index is 2.22. The van der Waals surface area contributed by atoms with Crippen LogP contribution in [0, 0.1) is 22.7 Å². The first kappa shape index (κ1) is 14.8. The zero-order valence-electron chi connectivity index (χ0n) is 11.4. The number of carbonyl (C=O) groups is 1. The molecule has 0 fully saturated rings. The third-order valence-corrected chi connectivity index (χ3v) is 2.69. The van der Waals surface area contributed by atoms with Gasteiger partial charge >= 0.3 is 0 Å². The van der Waals surface area contributed by atoms with Crippen molar-refractivity contribution in [1.29, 1.82) is 10.5 Å². The first-order valence-corrected chi connectivity index (χ1v) is 6.33. The molecule has 0 aliphatic heterocycles. The summed E-state index contributed by atoms with van der Waals surface area (Å²) < 4.78 is 0. The number of amides is 1. The number of para-hydroxylation sites is 1. The van der Waals surface area contributed by atoms with Gasteiger partial charge in [0.05, 0.1) is 11.3 Å². The molecular formula is C16H11N5O. The van der Waals surface area contributed by atoms with Gasteiger partial charge in [-0.05, 0) is 24.3 Å². The number of benzene rings is 1. The van der Waals surface area contributed by atoms with E-state index < -0.39 is 0 Å². The highest BCUT2D eigenvalue weighted by Gasteiger charge is 2.11. The highest BCUT2D eigenvalue weighted by molar-refractivity contribution is 6.07. The fourth-order valence-corrected chi connectivity index (χ4v) is 1.67. The summed E-state index contributed by atoms with van der Waals surface area (Å²) >= 11 is 0. The van der Waals surface area contributed by atoms with E-state index in [1.165, 1.54) is 6.20 Å². The van der Waals surface area contributed by atoms with Gasteiger partial charge in [0.15, 0.2) is 0 Å². The monoisotopic (exact) mass is 289 g/mol. The average Bonchev–Trinajstić information content (AvgIpc) is 2.57. The van der Waals surface area contributed by atoms with Crippen LogP contribution >= 0.6 is 0 Å². The number of rotatable bonds is 4. The maximum Gasteiger partial charge on any atom is 0.258 e. The Labute approximate surface area is 127 Å². The molecule has 1 heterocycles. The first-order valence-electron chi connectivity index (χ1n) is 6.33. The minimum atomic E-state index is -0.342. The van der Waals surface area contributed by atoms with Crippen molar-refractivity contribution in [2.75, 3.05) is 10.6 Å². The van der Waals surface area contributed by atoms with Crippen molar-refractivity contribution in [2.45, 2.75) is 0 Å². The van der Waals surface area contributed by atoms with Crippen LogP contribution in [0.3, 0.4) is 0 Å². The molecule has 0 bridgehead atoms. The molecule has 1 amide bonds. The molecule has 22 heavy (non-hydrogen) atoms. The topological polar surface area (TPSA) is 102 Å². The molecule has 0 spiro atoms. The van der Waals surface area contributed by atoms with E-state index in [1.54, 1.807) is 60.8 Å². The number of anilines is 2. The van der Waals surface area contributed by atoms with Crippen LogP contribution in [-0.4, -0.2) is 10.9 Å². The second-order valence-electron chi connectivity index (χ2n) is 4.14. The Hall–Kier alpha value is -3.64. The molecule has 0 atom stereocenters. The molecule has 0 saturated carbocycles. The van der Waals surface area contributed by atoms with Crippen molar-refractivity contribution >= 4 is 17.4 Å². The normalized spacial score (nSPS) is 9.00. The van der Waals surface area contributed by atoms with Gasteiger partial charge in [-0.2, -0.15) is 10.5 Å². The quantitative estimate of drug-likeness (QED) is 0.842. The third-order valence-electron chi connectivity index (χ3n) is 2.69. The summed E-state index contributed by atoms with van der Waals surface area (Å²) in [7, 11) is 0. The average molecular weight is 289 g/mol. The minimum absolute atomic E-state index is 0.0834. The van der Waals surface area contributed by atoms with Crippen LogP contribution in [0.2, 0.25) is 0 Å². The predicted molar refractivity (Wildman–Crippen MR) is 81.6 cm³/mol. The summed E-state index contributed by atoms with van der Waals surface area (Å²) in [6, 6.07) is 15.4. The van der Waals surface area contributed by atoms with Crippen LogP contribution in [0.15, 0.2) is 60.4 Å². The largest absolute Gasteiger partial charge is 0.359 e. The first-order chi connectivity index (χ1) is 10.7. The summed E-state index contributed by atoms with van der Waals surface area (Å²) in [5, 5.41) is 22.9. The number of nitriles is 2. The van der Waals surface area contributed by atoms with Gasteiger partial charge in [0.1, 0.15) is 23.5 Å². The van der Waals surface area contributed by atoms with Crippen LogP contribution < -0.4 is 10.6 Å². The molecule has 2 N–H and O–H groups in total. The van der Waals surface area contributed by atoms with Gasteiger partial charge in [-0.25, -0.2) is 4.98 Å². The Bertz CT molecular complexity index is 768. The number of allylic oxidation sites excluding steroid dienone is 1. The Morgan fingerprint density at radius 2 is 1.82 bits per heavy atom. The van der Waals surface area contributed by atoms with E-state index in [0.29, 0.717) is 17.1 Å². The number of pyridine rings is 1. The van der Waals surface area contributed by atoms with E-state index in [-0.39, 0.29) is 11.5 Å². The summed E-state index contributed by atoms with van der Waals surface area (Å²) in [4.78, 5) is 16.3. The van der Waals surface area contributed by atoms with Crippen molar-refractivity contribution in [3.63, 3.8) is 0 Å². The minimum Gasteiger partial charge on any atom is -0.359 e. The fraction of sp³-hybridized carbons (Fsp3) is 0. The summed E-state index contributed by atoms with van der Waals surface area (Å²) in [6.45, 7) is 0. The molecule has 2 rings (SSSR count). The summed E-state index contributed by atoms with van der Waals surface area (Å²) in [6.07, 6.45) is 2.83. The lowest BCUT2D eigenvalue weighted by atomic mass is 10.1. The van der Waals surface area contributed by atoms with Crippen LogP contribution in [0.4, 0.5) is 11.5 Å². The highest BCUT2D eigenvalue weighted by atomic mass is 16.1.